The van der Waals surface area contributed by atoms with E-state index in [1.54, 1.807) is 0 Å². The number of benzene rings is 1. The SMILES string of the molecule is CC(=O)CC(=O)OCCNC(C)Cc1ccccc1. The van der Waals surface area contributed by atoms with Gasteiger partial charge < -0.3 is 10.1 Å². The Labute approximate surface area is 114 Å². The number of rotatable bonds is 8. The maximum Gasteiger partial charge on any atom is 0.313 e. The van der Waals surface area contributed by atoms with E-state index in [-0.39, 0.29) is 12.2 Å². The van der Waals surface area contributed by atoms with E-state index in [4.69, 9.17) is 4.74 Å². The molecular weight excluding hydrogens is 242 g/mol. The smallest absolute Gasteiger partial charge is 0.313 e. The summed E-state index contributed by atoms with van der Waals surface area (Å²) < 4.78 is 4.93. The molecule has 0 fully saturated rings. The number of esters is 1. The standard InChI is InChI=1S/C15H21NO3/c1-12(10-14-6-4-3-5-7-14)16-8-9-19-15(18)11-13(2)17/h3-7,12,16H,8-11H2,1-2H3. The van der Waals surface area contributed by atoms with Crippen molar-refractivity contribution >= 4 is 11.8 Å². The Balaban J connectivity index is 2.12. The van der Waals surface area contributed by atoms with E-state index in [0.717, 1.165) is 6.42 Å². The fraction of sp³-hybridized carbons (Fsp3) is 0.467. The number of hydrogen-bond acceptors (Lipinski definition) is 4. The molecule has 0 heterocycles. The van der Waals surface area contributed by atoms with Gasteiger partial charge in [0, 0.05) is 12.6 Å². The van der Waals surface area contributed by atoms with Crippen LogP contribution in [-0.4, -0.2) is 30.9 Å². The first-order valence-electron chi connectivity index (χ1n) is 6.50. The molecule has 1 atom stereocenters. The van der Waals surface area contributed by atoms with Crippen molar-refractivity contribution in [2.24, 2.45) is 0 Å². The molecule has 1 rings (SSSR count). The monoisotopic (exact) mass is 263 g/mol. The molecule has 0 aliphatic heterocycles. The van der Waals surface area contributed by atoms with Crippen molar-refractivity contribution < 1.29 is 14.3 Å². The lowest BCUT2D eigenvalue weighted by molar-refractivity contribution is -0.145. The second-order valence-corrected chi connectivity index (χ2v) is 4.64. The molecule has 1 aromatic carbocycles. The minimum absolute atomic E-state index is 0.139. The lowest BCUT2D eigenvalue weighted by atomic mass is 10.1. The maximum atomic E-state index is 11.1. The van der Waals surface area contributed by atoms with E-state index < -0.39 is 5.97 Å². The van der Waals surface area contributed by atoms with Gasteiger partial charge in [-0.1, -0.05) is 30.3 Å². The summed E-state index contributed by atoms with van der Waals surface area (Å²) in [5, 5.41) is 3.28. The van der Waals surface area contributed by atoms with Gasteiger partial charge in [0.2, 0.25) is 0 Å². The minimum Gasteiger partial charge on any atom is -0.464 e. The van der Waals surface area contributed by atoms with Crippen molar-refractivity contribution in [2.45, 2.75) is 32.7 Å². The number of hydrogen-bond donors (Lipinski definition) is 1. The number of nitrogens with one attached hydrogen (secondary N) is 1. The second-order valence-electron chi connectivity index (χ2n) is 4.64. The van der Waals surface area contributed by atoms with Crippen LogP contribution in [0.3, 0.4) is 0 Å². The Morgan fingerprint density at radius 2 is 1.95 bits per heavy atom. The Bertz CT molecular complexity index is 403. The second kappa shape index (κ2) is 8.43. The van der Waals surface area contributed by atoms with Gasteiger partial charge in [-0.05, 0) is 25.8 Å². The zero-order chi connectivity index (χ0) is 14.1. The highest BCUT2D eigenvalue weighted by Gasteiger charge is 2.06. The number of carbonyl (C=O) groups excluding carboxylic acids is 2. The van der Waals surface area contributed by atoms with Crippen molar-refractivity contribution in [2.75, 3.05) is 13.2 Å². The summed E-state index contributed by atoms with van der Waals surface area (Å²) in [6, 6.07) is 10.5. The van der Waals surface area contributed by atoms with Gasteiger partial charge in [-0.15, -0.1) is 0 Å². The molecule has 0 aliphatic rings. The van der Waals surface area contributed by atoms with Crippen LogP contribution in [0.4, 0.5) is 0 Å². The van der Waals surface area contributed by atoms with Crippen LogP contribution >= 0.6 is 0 Å². The molecule has 0 amide bonds. The average molecular weight is 263 g/mol. The normalized spacial score (nSPS) is 11.9. The summed E-state index contributed by atoms with van der Waals surface area (Å²) in [5.41, 5.74) is 1.27. The van der Waals surface area contributed by atoms with Gasteiger partial charge in [-0.2, -0.15) is 0 Å². The van der Waals surface area contributed by atoms with E-state index >= 15 is 0 Å². The molecule has 0 aromatic heterocycles. The Morgan fingerprint density at radius 3 is 2.58 bits per heavy atom. The van der Waals surface area contributed by atoms with E-state index in [9.17, 15) is 9.59 Å². The topological polar surface area (TPSA) is 55.4 Å². The maximum absolute atomic E-state index is 11.1. The number of carbonyl (C=O) groups is 2. The first kappa shape index (κ1) is 15.4. The fourth-order valence-electron chi connectivity index (χ4n) is 1.76. The quantitative estimate of drug-likeness (QED) is 0.441. The highest BCUT2D eigenvalue weighted by atomic mass is 16.5. The predicted octanol–water partition coefficient (Wildman–Crippen LogP) is 1.73. The van der Waals surface area contributed by atoms with Crippen molar-refractivity contribution in [1.82, 2.24) is 5.32 Å². The number of Topliss-reactive ketones (excluding diaryl/α,β-unsaturated/α-hetero) is 1. The zero-order valence-corrected chi connectivity index (χ0v) is 11.5. The van der Waals surface area contributed by atoms with Crippen LogP contribution in [0.15, 0.2) is 30.3 Å². The van der Waals surface area contributed by atoms with Crippen LogP contribution in [0, 0.1) is 0 Å². The summed E-state index contributed by atoms with van der Waals surface area (Å²) in [6.07, 6.45) is 0.793. The van der Waals surface area contributed by atoms with Crippen LogP contribution in [0.1, 0.15) is 25.8 Å². The molecule has 0 aliphatic carbocycles. The largest absolute Gasteiger partial charge is 0.464 e. The molecule has 104 valence electrons. The summed E-state index contributed by atoms with van der Waals surface area (Å²) in [5.74, 6) is -0.625. The van der Waals surface area contributed by atoms with Gasteiger partial charge in [0.05, 0.1) is 0 Å². The van der Waals surface area contributed by atoms with Gasteiger partial charge >= 0.3 is 5.97 Å². The highest BCUT2D eigenvalue weighted by molar-refractivity contribution is 5.94. The van der Waals surface area contributed by atoms with Crippen LogP contribution in [0.2, 0.25) is 0 Å². The van der Waals surface area contributed by atoms with Gasteiger partial charge in [0.1, 0.15) is 18.8 Å². The molecule has 1 unspecified atom stereocenters. The number of ether oxygens (including phenoxy) is 1. The molecule has 0 spiro atoms. The highest BCUT2D eigenvalue weighted by Crippen LogP contribution is 2.02. The zero-order valence-electron chi connectivity index (χ0n) is 11.5. The van der Waals surface area contributed by atoms with E-state index in [1.807, 2.05) is 18.2 Å². The van der Waals surface area contributed by atoms with Crippen LogP contribution in [0.5, 0.6) is 0 Å². The molecular formula is C15H21NO3. The molecule has 0 saturated heterocycles. The predicted molar refractivity (Wildman–Crippen MR) is 73.9 cm³/mol. The molecule has 19 heavy (non-hydrogen) atoms. The van der Waals surface area contributed by atoms with Crippen molar-refractivity contribution in [3.8, 4) is 0 Å². The Morgan fingerprint density at radius 1 is 1.26 bits per heavy atom. The molecule has 0 saturated carbocycles. The third-order valence-electron chi connectivity index (χ3n) is 2.64. The number of ketones is 1. The molecule has 4 nitrogen and oxygen atoms in total. The first-order chi connectivity index (χ1) is 9.08. The van der Waals surface area contributed by atoms with E-state index in [1.165, 1.54) is 12.5 Å². The first-order valence-corrected chi connectivity index (χ1v) is 6.50. The van der Waals surface area contributed by atoms with Crippen LogP contribution in [-0.2, 0) is 20.7 Å². The molecule has 1 N–H and O–H groups in total. The Hall–Kier alpha value is -1.68. The molecule has 1 aromatic rings. The van der Waals surface area contributed by atoms with Gasteiger partial charge in [-0.25, -0.2) is 0 Å². The van der Waals surface area contributed by atoms with Gasteiger partial charge in [0.25, 0.3) is 0 Å². The molecule has 0 bridgehead atoms. The molecule has 4 heteroatoms. The summed E-state index contributed by atoms with van der Waals surface area (Å²) in [7, 11) is 0. The average Bonchev–Trinajstić information content (AvgIpc) is 2.35. The van der Waals surface area contributed by atoms with E-state index in [2.05, 4.69) is 24.4 Å². The minimum atomic E-state index is -0.454. The fourth-order valence-corrected chi connectivity index (χ4v) is 1.76. The Kier molecular flexibility index (Phi) is 6.82. The van der Waals surface area contributed by atoms with Crippen molar-refractivity contribution in [3.63, 3.8) is 0 Å². The van der Waals surface area contributed by atoms with Crippen LogP contribution in [0.25, 0.3) is 0 Å². The van der Waals surface area contributed by atoms with Crippen LogP contribution < -0.4 is 5.32 Å². The third-order valence-corrected chi connectivity index (χ3v) is 2.64. The van der Waals surface area contributed by atoms with Gasteiger partial charge in [-0.3, -0.25) is 9.59 Å². The lowest BCUT2D eigenvalue weighted by Gasteiger charge is -2.13. The third kappa shape index (κ3) is 7.36. The van der Waals surface area contributed by atoms with E-state index in [0.29, 0.717) is 19.2 Å². The summed E-state index contributed by atoms with van der Waals surface area (Å²) >= 11 is 0. The van der Waals surface area contributed by atoms with Crippen molar-refractivity contribution in [3.05, 3.63) is 35.9 Å². The summed E-state index contributed by atoms with van der Waals surface area (Å²) in [4.78, 5) is 21.8. The lowest BCUT2D eigenvalue weighted by Crippen LogP contribution is -2.31. The molecule has 0 radical (unpaired) electrons. The summed E-state index contributed by atoms with van der Waals surface area (Å²) in [6.45, 7) is 4.36. The van der Waals surface area contributed by atoms with Crippen molar-refractivity contribution in [1.29, 1.82) is 0 Å². The van der Waals surface area contributed by atoms with Gasteiger partial charge in [0.15, 0.2) is 0 Å².